The number of nitrogens with zero attached hydrogens (tertiary/aromatic N) is 2. The molecular formula is C17H27N3O. The van der Waals surface area contributed by atoms with Gasteiger partial charge in [-0.15, -0.1) is 0 Å². The van der Waals surface area contributed by atoms with E-state index in [4.69, 9.17) is 15.5 Å². The average molecular weight is 289 g/mol. The van der Waals surface area contributed by atoms with Crippen LogP contribution in [0, 0.1) is 5.92 Å². The molecule has 2 aromatic rings. The number of fused-ring (bicyclic) bond motifs is 1. The molecule has 1 unspecified atom stereocenters. The van der Waals surface area contributed by atoms with Crippen molar-refractivity contribution in [1.82, 2.24) is 9.55 Å². The second-order valence-corrected chi connectivity index (χ2v) is 5.95. The number of rotatable bonds is 7. The highest BCUT2D eigenvalue weighted by atomic mass is 16.5. The molecule has 1 atom stereocenters. The van der Waals surface area contributed by atoms with E-state index in [1.807, 2.05) is 12.1 Å². The number of ether oxygens (including phenoxy) is 1. The van der Waals surface area contributed by atoms with Gasteiger partial charge in [0.05, 0.1) is 23.7 Å². The fourth-order valence-electron chi connectivity index (χ4n) is 2.67. The van der Waals surface area contributed by atoms with Gasteiger partial charge in [-0.05, 0) is 37.8 Å². The average Bonchev–Trinajstić information content (AvgIpc) is 2.82. The Bertz CT molecular complexity index is 589. The molecule has 21 heavy (non-hydrogen) atoms. The highest BCUT2D eigenvalue weighted by Gasteiger charge is 2.17. The summed E-state index contributed by atoms with van der Waals surface area (Å²) in [4.78, 5) is 4.76. The molecular weight excluding hydrogens is 262 g/mol. The van der Waals surface area contributed by atoms with Crippen LogP contribution in [-0.2, 0) is 6.54 Å². The van der Waals surface area contributed by atoms with Gasteiger partial charge in [-0.1, -0.05) is 20.8 Å². The van der Waals surface area contributed by atoms with Crippen LogP contribution in [0.3, 0.4) is 0 Å². The third-order valence-electron chi connectivity index (χ3n) is 3.60. The van der Waals surface area contributed by atoms with Crippen molar-refractivity contribution in [2.45, 2.75) is 53.1 Å². The third-order valence-corrected chi connectivity index (χ3v) is 3.60. The monoisotopic (exact) mass is 289 g/mol. The number of aromatic nitrogens is 2. The molecule has 0 spiro atoms. The van der Waals surface area contributed by atoms with Crippen molar-refractivity contribution in [3.8, 4) is 5.75 Å². The van der Waals surface area contributed by atoms with Crippen LogP contribution in [0.1, 0.15) is 52.4 Å². The summed E-state index contributed by atoms with van der Waals surface area (Å²) in [7, 11) is 0. The Kier molecular flexibility index (Phi) is 5.23. The number of benzene rings is 1. The van der Waals surface area contributed by atoms with Crippen molar-refractivity contribution in [3.63, 3.8) is 0 Å². The van der Waals surface area contributed by atoms with Crippen molar-refractivity contribution >= 4 is 11.0 Å². The lowest BCUT2D eigenvalue weighted by Crippen LogP contribution is -2.18. The molecule has 0 saturated heterocycles. The predicted octanol–water partition coefficient (Wildman–Crippen LogP) is 3.89. The SMILES string of the molecule is CCCOc1ccc2c(c1)nc(C(N)CC(C)C)n2CC. The van der Waals surface area contributed by atoms with Crippen LogP contribution in [0.25, 0.3) is 11.0 Å². The zero-order chi connectivity index (χ0) is 15.4. The molecule has 4 nitrogen and oxygen atoms in total. The maximum atomic E-state index is 6.34. The first kappa shape index (κ1) is 15.8. The largest absolute Gasteiger partial charge is 0.494 e. The molecule has 0 saturated carbocycles. The first-order chi connectivity index (χ1) is 10.1. The zero-order valence-electron chi connectivity index (χ0n) is 13.6. The van der Waals surface area contributed by atoms with Crippen molar-refractivity contribution in [2.75, 3.05) is 6.61 Å². The molecule has 0 aliphatic carbocycles. The fraction of sp³-hybridized carbons (Fsp3) is 0.588. The van der Waals surface area contributed by atoms with Crippen molar-refractivity contribution in [3.05, 3.63) is 24.0 Å². The van der Waals surface area contributed by atoms with Gasteiger partial charge in [0, 0.05) is 12.6 Å². The van der Waals surface area contributed by atoms with E-state index in [2.05, 4.69) is 38.3 Å². The number of hydrogen-bond acceptors (Lipinski definition) is 3. The van der Waals surface area contributed by atoms with E-state index in [1.165, 1.54) is 0 Å². The summed E-state index contributed by atoms with van der Waals surface area (Å²) >= 11 is 0. The van der Waals surface area contributed by atoms with Crippen LogP contribution in [0.2, 0.25) is 0 Å². The normalized spacial score (nSPS) is 13.0. The second kappa shape index (κ2) is 6.94. The third kappa shape index (κ3) is 3.56. The minimum Gasteiger partial charge on any atom is -0.494 e. The van der Waals surface area contributed by atoms with E-state index in [0.29, 0.717) is 5.92 Å². The van der Waals surface area contributed by atoms with Crippen LogP contribution in [0.4, 0.5) is 0 Å². The summed E-state index contributed by atoms with van der Waals surface area (Å²) in [5.41, 5.74) is 8.45. The van der Waals surface area contributed by atoms with Crippen LogP contribution in [-0.4, -0.2) is 16.2 Å². The fourth-order valence-corrected chi connectivity index (χ4v) is 2.67. The second-order valence-electron chi connectivity index (χ2n) is 5.95. The molecule has 1 heterocycles. The lowest BCUT2D eigenvalue weighted by atomic mass is 10.0. The Hall–Kier alpha value is -1.55. The van der Waals surface area contributed by atoms with Gasteiger partial charge in [-0.3, -0.25) is 0 Å². The highest BCUT2D eigenvalue weighted by Crippen LogP contribution is 2.26. The summed E-state index contributed by atoms with van der Waals surface area (Å²) in [5.74, 6) is 2.43. The van der Waals surface area contributed by atoms with Gasteiger partial charge < -0.3 is 15.0 Å². The smallest absolute Gasteiger partial charge is 0.126 e. The van der Waals surface area contributed by atoms with Crippen molar-refractivity contribution in [2.24, 2.45) is 11.7 Å². The topological polar surface area (TPSA) is 53.1 Å². The highest BCUT2D eigenvalue weighted by molar-refractivity contribution is 5.78. The summed E-state index contributed by atoms with van der Waals surface area (Å²) in [6.45, 7) is 10.2. The molecule has 1 aromatic heterocycles. The Balaban J connectivity index is 2.37. The summed E-state index contributed by atoms with van der Waals surface area (Å²) < 4.78 is 7.90. The first-order valence-electron chi connectivity index (χ1n) is 7.95. The van der Waals surface area contributed by atoms with Crippen LogP contribution < -0.4 is 10.5 Å². The number of hydrogen-bond donors (Lipinski definition) is 1. The van der Waals surface area contributed by atoms with Crippen molar-refractivity contribution < 1.29 is 4.74 Å². The lowest BCUT2D eigenvalue weighted by molar-refractivity contribution is 0.318. The molecule has 0 radical (unpaired) electrons. The molecule has 4 heteroatoms. The number of imidazole rings is 1. The van der Waals surface area contributed by atoms with E-state index < -0.39 is 0 Å². The molecule has 0 fully saturated rings. The van der Waals surface area contributed by atoms with E-state index in [0.717, 1.165) is 48.6 Å². The number of nitrogens with two attached hydrogens (primary N) is 1. The molecule has 0 aliphatic heterocycles. The quantitative estimate of drug-likeness (QED) is 0.841. The molecule has 1 aromatic carbocycles. The first-order valence-corrected chi connectivity index (χ1v) is 7.95. The Morgan fingerprint density at radius 2 is 2.05 bits per heavy atom. The van der Waals surface area contributed by atoms with Gasteiger partial charge in [0.15, 0.2) is 0 Å². The van der Waals surface area contributed by atoms with Crippen LogP contribution >= 0.6 is 0 Å². The molecule has 116 valence electrons. The standard InChI is InChI=1S/C17H27N3O/c1-5-9-21-13-7-8-16-15(11-13)19-17(20(16)6-2)14(18)10-12(3)4/h7-8,11-12,14H,5-6,9-10,18H2,1-4H3. The molecule has 0 bridgehead atoms. The number of aryl methyl sites for hydroxylation is 1. The van der Waals surface area contributed by atoms with Gasteiger partial charge in [-0.25, -0.2) is 4.98 Å². The maximum Gasteiger partial charge on any atom is 0.126 e. The van der Waals surface area contributed by atoms with Gasteiger partial charge in [-0.2, -0.15) is 0 Å². The van der Waals surface area contributed by atoms with E-state index in [1.54, 1.807) is 0 Å². The molecule has 0 aliphatic rings. The van der Waals surface area contributed by atoms with E-state index in [-0.39, 0.29) is 6.04 Å². The van der Waals surface area contributed by atoms with E-state index >= 15 is 0 Å². The molecule has 0 amide bonds. The van der Waals surface area contributed by atoms with E-state index in [9.17, 15) is 0 Å². The van der Waals surface area contributed by atoms with Gasteiger partial charge in [0.25, 0.3) is 0 Å². The molecule has 2 rings (SSSR count). The van der Waals surface area contributed by atoms with Crippen LogP contribution in [0.15, 0.2) is 18.2 Å². The van der Waals surface area contributed by atoms with Crippen LogP contribution in [0.5, 0.6) is 5.75 Å². The predicted molar refractivity (Wildman–Crippen MR) is 87.6 cm³/mol. The minimum absolute atomic E-state index is 0.0163. The summed E-state index contributed by atoms with van der Waals surface area (Å²) in [6, 6.07) is 6.10. The van der Waals surface area contributed by atoms with Crippen molar-refractivity contribution in [1.29, 1.82) is 0 Å². The van der Waals surface area contributed by atoms with Gasteiger partial charge >= 0.3 is 0 Å². The Labute approximate surface area is 127 Å². The Morgan fingerprint density at radius 3 is 2.67 bits per heavy atom. The lowest BCUT2D eigenvalue weighted by Gasteiger charge is -2.15. The maximum absolute atomic E-state index is 6.34. The minimum atomic E-state index is -0.0163. The Morgan fingerprint density at radius 1 is 1.29 bits per heavy atom. The van der Waals surface area contributed by atoms with Gasteiger partial charge in [0.1, 0.15) is 11.6 Å². The zero-order valence-corrected chi connectivity index (χ0v) is 13.6. The molecule has 2 N–H and O–H groups in total. The summed E-state index contributed by atoms with van der Waals surface area (Å²) in [6.07, 6.45) is 1.95. The van der Waals surface area contributed by atoms with Gasteiger partial charge in [0.2, 0.25) is 0 Å². The summed E-state index contributed by atoms with van der Waals surface area (Å²) in [5, 5.41) is 0.